The van der Waals surface area contributed by atoms with E-state index in [0.29, 0.717) is 6.61 Å². The number of aliphatic hydroxyl groups is 1. The molecule has 38 heavy (non-hydrogen) atoms. The summed E-state index contributed by atoms with van der Waals surface area (Å²) in [4.78, 5) is 0.277. The molecule has 0 spiro atoms. The fraction of sp³-hybridized carbons (Fsp3) is 0.355. The second kappa shape index (κ2) is 11.7. The van der Waals surface area contributed by atoms with Crippen LogP contribution in [0.25, 0.3) is 0 Å². The smallest absolute Gasteiger partial charge is 0.261 e. The Balaban J connectivity index is 1.57. The molecule has 1 N–H and O–H groups in total. The molecule has 3 aromatic rings. The maximum atomic E-state index is 13.0. The summed E-state index contributed by atoms with van der Waals surface area (Å²) in [5.74, 6) is -0.537. The SMILES string of the molecule is C[C@@H](CS(=O)(=O)c1ccccc1)[C@@H]1O[C@H](CO[Si](c2ccccc2)(c2ccccc2)C(C)(C)C)C=C[C@H]1O. The van der Waals surface area contributed by atoms with Crippen molar-refractivity contribution in [2.45, 2.75) is 55.9 Å². The Kier molecular flexibility index (Phi) is 8.74. The first-order chi connectivity index (χ1) is 18.0. The van der Waals surface area contributed by atoms with Crippen molar-refractivity contribution in [1.29, 1.82) is 0 Å². The van der Waals surface area contributed by atoms with E-state index in [2.05, 4.69) is 45.0 Å². The van der Waals surface area contributed by atoms with Crippen molar-refractivity contribution in [3.05, 3.63) is 103 Å². The number of hydrogen-bond donors (Lipinski definition) is 1. The lowest BCUT2D eigenvalue weighted by atomic mass is 9.98. The Labute approximate surface area is 228 Å². The van der Waals surface area contributed by atoms with Crippen LogP contribution in [0.4, 0.5) is 0 Å². The van der Waals surface area contributed by atoms with Gasteiger partial charge in [0.25, 0.3) is 8.32 Å². The average molecular weight is 551 g/mol. The largest absolute Gasteiger partial charge is 0.404 e. The Morgan fingerprint density at radius 2 is 1.37 bits per heavy atom. The molecule has 0 radical (unpaired) electrons. The van der Waals surface area contributed by atoms with Crippen LogP contribution in [-0.4, -0.2) is 52.5 Å². The first kappa shape index (κ1) is 28.5. The molecule has 4 rings (SSSR count). The molecule has 3 aromatic carbocycles. The average Bonchev–Trinajstić information content (AvgIpc) is 2.90. The van der Waals surface area contributed by atoms with E-state index in [1.807, 2.05) is 49.4 Å². The minimum Gasteiger partial charge on any atom is -0.404 e. The molecule has 0 aliphatic carbocycles. The van der Waals surface area contributed by atoms with E-state index < -0.39 is 42.4 Å². The predicted octanol–water partition coefficient (Wildman–Crippen LogP) is 4.36. The minimum absolute atomic E-state index is 0.116. The van der Waals surface area contributed by atoms with Crippen LogP contribution < -0.4 is 10.4 Å². The molecule has 0 bridgehead atoms. The third-order valence-corrected chi connectivity index (χ3v) is 14.2. The van der Waals surface area contributed by atoms with Gasteiger partial charge < -0.3 is 14.3 Å². The number of hydrogen-bond acceptors (Lipinski definition) is 5. The topological polar surface area (TPSA) is 72.8 Å². The molecule has 1 aliphatic rings. The van der Waals surface area contributed by atoms with Gasteiger partial charge in [0, 0.05) is 0 Å². The van der Waals surface area contributed by atoms with Gasteiger partial charge >= 0.3 is 0 Å². The fourth-order valence-electron chi connectivity index (χ4n) is 5.37. The van der Waals surface area contributed by atoms with Gasteiger partial charge in [0.05, 0.1) is 35.6 Å². The summed E-state index contributed by atoms with van der Waals surface area (Å²) >= 11 is 0. The molecule has 5 nitrogen and oxygen atoms in total. The normalized spacial score (nSPS) is 21.2. The maximum absolute atomic E-state index is 13.0. The summed E-state index contributed by atoms with van der Waals surface area (Å²) in [6.07, 6.45) is 1.58. The monoisotopic (exact) mass is 550 g/mol. The molecule has 0 fully saturated rings. The quantitative estimate of drug-likeness (QED) is 0.317. The highest BCUT2D eigenvalue weighted by molar-refractivity contribution is 7.91. The van der Waals surface area contributed by atoms with E-state index in [1.54, 1.807) is 36.4 Å². The number of benzene rings is 3. The van der Waals surface area contributed by atoms with Gasteiger partial charge in [0.15, 0.2) is 9.84 Å². The van der Waals surface area contributed by atoms with E-state index in [0.717, 1.165) is 0 Å². The molecule has 1 aliphatic heterocycles. The Bertz CT molecular complexity index is 1270. The fourth-order valence-corrected chi connectivity index (χ4v) is 11.6. The van der Waals surface area contributed by atoms with E-state index in [1.165, 1.54) is 10.4 Å². The predicted molar refractivity (Wildman–Crippen MR) is 155 cm³/mol. The van der Waals surface area contributed by atoms with Gasteiger partial charge in [0.1, 0.15) is 0 Å². The minimum atomic E-state index is -3.52. The number of aliphatic hydroxyl groups excluding tert-OH is 1. The van der Waals surface area contributed by atoms with Crippen molar-refractivity contribution < 1.29 is 22.7 Å². The van der Waals surface area contributed by atoms with Crippen LogP contribution in [0.1, 0.15) is 27.7 Å². The summed E-state index contributed by atoms with van der Waals surface area (Å²) in [6, 6.07) is 29.2. The van der Waals surface area contributed by atoms with Crippen molar-refractivity contribution >= 4 is 28.5 Å². The van der Waals surface area contributed by atoms with Crippen LogP contribution in [0, 0.1) is 5.92 Å². The first-order valence-electron chi connectivity index (χ1n) is 13.1. The van der Waals surface area contributed by atoms with Crippen LogP contribution in [0.2, 0.25) is 5.04 Å². The van der Waals surface area contributed by atoms with Gasteiger partial charge in [-0.05, 0) is 33.5 Å². The zero-order valence-electron chi connectivity index (χ0n) is 22.5. The summed E-state index contributed by atoms with van der Waals surface area (Å²) in [5.41, 5.74) is 0. The van der Waals surface area contributed by atoms with Crippen LogP contribution >= 0.6 is 0 Å². The van der Waals surface area contributed by atoms with Crippen LogP contribution in [0.3, 0.4) is 0 Å². The Morgan fingerprint density at radius 3 is 1.87 bits per heavy atom. The molecular weight excluding hydrogens is 512 g/mol. The molecule has 202 valence electrons. The van der Waals surface area contributed by atoms with E-state index in [4.69, 9.17) is 9.16 Å². The van der Waals surface area contributed by atoms with Crippen molar-refractivity contribution in [3.63, 3.8) is 0 Å². The highest BCUT2D eigenvalue weighted by Crippen LogP contribution is 2.37. The maximum Gasteiger partial charge on any atom is 0.261 e. The molecule has 1 heterocycles. The second-order valence-electron chi connectivity index (χ2n) is 11.1. The molecule has 0 amide bonds. The summed E-state index contributed by atoms with van der Waals surface area (Å²) in [7, 11) is -6.27. The summed E-state index contributed by atoms with van der Waals surface area (Å²) < 4.78 is 39.3. The van der Waals surface area contributed by atoms with Crippen molar-refractivity contribution in [3.8, 4) is 0 Å². The van der Waals surface area contributed by atoms with E-state index >= 15 is 0 Å². The van der Waals surface area contributed by atoms with Crippen molar-refractivity contribution in [2.24, 2.45) is 5.92 Å². The number of ether oxygens (including phenoxy) is 1. The third-order valence-electron chi connectivity index (χ3n) is 7.22. The van der Waals surface area contributed by atoms with Crippen LogP contribution in [0.5, 0.6) is 0 Å². The first-order valence-corrected chi connectivity index (χ1v) is 16.7. The second-order valence-corrected chi connectivity index (χ2v) is 17.4. The van der Waals surface area contributed by atoms with E-state index in [9.17, 15) is 13.5 Å². The molecule has 7 heteroatoms. The lowest BCUT2D eigenvalue weighted by Crippen LogP contribution is -2.67. The molecule has 0 saturated carbocycles. The molecular formula is C31H38O5SSi. The van der Waals surface area contributed by atoms with Gasteiger partial charge in [-0.2, -0.15) is 0 Å². The van der Waals surface area contributed by atoms with Gasteiger partial charge in [0.2, 0.25) is 0 Å². The summed E-state index contributed by atoms with van der Waals surface area (Å²) in [5, 5.41) is 12.9. The highest BCUT2D eigenvalue weighted by atomic mass is 32.2. The standard InChI is InChI=1S/C31H38O5SSi/c1-24(23-37(33,34)26-14-8-5-9-15-26)30-29(32)21-20-25(36-30)22-35-38(31(2,3)4,27-16-10-6-11-17-27)28-18-12-7-13-19-28/h5-21,24-25,29-30,32H,22-23H2,1-4H3/t24-,25-,29+,30-/m0/s1. The van der Waals surface area contributed by atoms with Crippen LogP contribution in [0.15, 0.2) is 108 Å². The lowest BCUT2D eigenvalue weighted by molar-refractivity contribution is -0.0887. The molecule has 0 saturated heterocycles. The van der Waals surface area contributed by atoms with E-state index in [-0.39, 0.29) is 15.7 Å². The molecule has 0 unspecified atom stereocenters. The van der Waals surface area contributed by atoms with Gasteiger partial charge in [-0.15, -0.1) is 0 Å². The van der Waals surface area contributed by atoms with Crippen molar-refractivity contribution in [2.75, 3.05) is 12.4 Å². The number of rotatable bonds is 9. The third kappa shape index (κ3) is 6.03. The number of sulfone groups is 1. The van der Waals surface area contributed by atoms with Crippen LogP contribution in [-0.2, 0) is 19.0 Å². The highest BCUT2D eigenvalue weighted by Gasteiger charge is 2.50. The zero-order valence-corrected chi connectivity index (χ0v) is 24.3. The van der Waals surface area contributed by atoms with Crippen molar-refractivity contribution in [1.82, 2.24) is 0 Å². The van der Waals surface area contributed by atoms with Gasteiger partial charge in [-0.1, -0.05) is 119 Å². The molecule has 0 aromatic heterocycles. The van der Waals surface area contributed by atoms with Gasteiger partial charge in [-0.25, -0.2) is 8.42 Å². The Morgan fingerprint density at radius 1 is 0.868 bits per heavy atom. The zero-order chi connectivity index (χ0) is 27.4. The molecule has 4 atom stereocenters. The summed E-state index contributed by atoms with van der Waals surface area (Å²) in [6.45, 7) is 8.78. The Hall–Kier alpha value is -2.55. The van der Waals surface area contributed by atoms with Gasteiger partial charge in [-0.3, -0.25) is 0 Å². The lowest BCUT2D eigenvalue weighted by Gasteiger charge is -2.44.